The first-order valence-electron chi connectivity index (χ1n) is 4.85. The van der Waals surface area contributed by atoms with Crippen LogP contribution in [0.5, 0.6) is 0 Å². The van der Waals surface area contributed by atoms with Crippen LogP contribution < -0.4 is 5.56 Å². The van der Waals surface area contributed by atoms with Crippen LogP contribution in [-0.4, -0.2) is 15.6 Å². The number of carboxylic acids is 1. The Balaban J connectivity index is 3.22. The first kappa shape index (κ1) is 11.5. The van der Waals surface area contributed by atoms with Crippen molar-refractivity contribution in [2.45, 2.75) is 20.3 Å². The molecular formula is C11H15NO3. The molecule has 82 valence electrons. The molecule has 0 unspecified atom stereocenters. The molecule has 0 amide bonds. The van der Waals surface area contributed by atoms with E-state index in [1.165, 1.54) is 10.6 Å². The van der Waals surface area contributed by atoms with Crippen LogP contribution in [0.2, 0.25) is 0 Å². The first-order valence-corrected chi connectivity index (χ1v) is 4.85. The van der Waals surface area contributed by atoms with Gasteiger partial charge in [-0.15, -0.1) is 0 Å². The molecule has 0 spiro atoms. The predicted molar refractivity (Wildman–Crippen MR) is 57.2 cm³/mol. The van der Waals surface area contributed by atoms with E-state index in [1.54, 1.807) is 13.1 Å². The van der Waals surface area contributed by atoms with E-state index in [0.717, 1.165) is 12.1 Å². The number of rotatable bonds is 3. The lowest BCUT2D eigenvalue weighted by molar-refractivity contribution is 0.0694. The Bertz CT molecular complexity index is 432. The molecule has 0 aliphatic heterocycles. The molecule has 1 rings (SSSR count). The fourth-order valence-corrected chi connectivity index (χ4v) is 1.46. The van der Waals surface area contributed by atoms with E-state index < -0.39 is 11.5 Å². The second kappa shape index (κ2) is 4.29. The van der Waals surface area contributed by atoms with Crippen LogP contribution in [0.25, 0.3) is 0 Å². The average Bonchev–Trinajstić information content (AvgIpc) is 2.12. The number of pyridine rings is 1. The molecule has 1 aromatic rings. The van der Waals surface area contributed by atoms with Crippen LogP contribution in [0.4, 0.5) is 0 Å². The Hall–Kier alpha value is -1.58. The summed E-state index contributed by atoms with van der Waals surface area (Å²) in [6.45, 7) is 4.10. The van der Waals surface area contributed by atoms with Gasteiger partial charge in [-0.25, -0.2) is 4.79 Å². The number of nitrogens with zero attached hydrogens (tertiary/aromatic N) is 1. The Morgan fingerprint density at radius 2 is 2.07 bits per heavy atom. The maximum atomic E-state index is 11.6. The smallest absolute Gasteiger partial charge is 0.341 e. The minimum Gasteiger partial charge on any atom is -0.477 e. The Morgan fingerprint density at radius 3 is 2.53 bits per heavy atom. The predicted octanol–water partition coefficient (Wildman–Crippen LogP) is 1.28. The molecule has 0 atom stereocenters. The van der Waals surface area contributed by atoms with Crippen LogP contribution in [-0.2, 0) is 13.5 Å². The van der Waals surface area contributed by atoms with Gasteiger partial charge < -0.3 is 9.67 Å². The van der Waals surface area contributed by atoms with E-state index in [2.05, 4.69) is 13.8 Å². The highest BCUT2D eigenvalue weighted by molar-refractivity contribution is 5.87. The largest absolute Gasteiger partial charge is 0.477 e. The van der Waals surface area contributed by atoms with Gasteiger partial charge >= 0.3 is 5.97 Å². The third-order valence-electron chi connectivity index (χ3n) is 2.26. The lowest BCUT2D eigenvalue weighted by Crippen LogP contribution is -2.26. The van der Waals surface area contributed by atoms with E-state index in [9.17, 15) is 9.59 Å². The normalized spacial score (nSPS) is 10.7. The molecule has 0 radical (unpaired) electrons. The summed E-state index contributed by atoms with van der Waals surface area (Å²) in [6, 6.07) is 3.08. The molecule has 0 aromatic carbocycles. The fraction of sp³-hybridized carbons (Fsp3) is 0.455. The minimum atomic E-state index is -1.17. The van der Waals surface area contributed by atoms with Gasteiger partial charge in [-0.3, -0.25) is 4.79 Å². The second-order valence-electron chi connectivity index (χ2n) is 4.01. The highest BCUT2D eigenvalue weighted by Crippen LogP contribution is 2.06. The lowest BCUT2D eigenvalue weighted by Gasteiger charge is -2.10. The molecular weight excluding hydrogens is 194 g/mol. The van der Waals surface area contributed by atoms with Crippen molar-refractivity contribution in [1.82, 2.24) is 4.57 Å². The molecule has 15 heavy (non-hydrogen) atoms. The summed E-state index contributed by atoms with van der Waals surface area (Å²) in [5.74, 6) is -0.738. The Morgan fingerprint density at radius 1 is 1.47 bits per heavy atom. The standard InChI is InChI=1S/C11H15NO3/c1-7(2)6-8-4-5-9(11(14)15)10(13)12(8)3/h4-5,7H,6H2,1-3H3,(H,14,15). The summed E-state index contributed by atoms with van der Waals surface area (Å²) < 4.78 is 1.41. The van der Waals surface area contributed by atoms with E-state index in [0.29, 0.717) is 5.92 Å². The quantitative estimate of drug-likeness (QED) is 0.815. The highest BCUT2D eigenvalue weighted by Gasteiger charge is 2.12. The zero-order chi connectivity index (χ0) is 11.6. The van der Waals surface area contributed by atoms with Crippen molar-refractivity contribution in [3.8, 4) is 0 Å². The molecule has 4 heteroatoms. The molecule has 0 bridgehead atoms. The molecule has 0 fully saturated rings. The van der Waals surface area contributed by atoms with Crippen molar-refractivity contribution >= 4 is 5.97 Å². The third-order valence-corrected chi connectivity index (χ3v) is 2.26. The lowest BCUT2D eigenvalue weighted by atomic mass is 10.1. The summed E-state index contributed by atoms with van der Waals surface area (Å²) >= 11 is 0. The third kappa shape index (κ3) is 2.46. The summed E-state index contributed by atoms with van der Waals surface area (Å²) in [5.41, 5.74) is 0.241. The number of carboxylic acid groups (broad SMARTS) is 1. The molecule has 1 aromatic heterocycles. The summed E-state index contributed by atoms with van der Waals surface area (Å²) in [6.07, 6.45) is 0.769. The van der Waals surface area contributed by atoms with Gasteiger partial charge in [0.2, 0.25) is 0 Å². The first-order chi connectivity index (χ1) is 6.93. The van der Waals surface area contributed by atoms with Gasteiger partial charge in [0.1, 0.15) is 5.56 Å². The molecule has 0 saturated carbocycles. The highest BCUT2D eigenvalue weighted by atomic mass is 16.4. The van der Waals surface area contributed by atoms with Crippen molar-refractivity contribution in [3.63, 3.8) is 0 Å². The monoisotopic (exact) mass is 209 g/mol. The van der Waals surface area contributed by atoms with Gasteiger partial charge in [0.25, 0.3) is 5.56 Å². The second-order valence-corrected chi connectivity index (χ2v) is 4.01. The summed E-state index contributed by atoms with van der Waals surface area (Å²) in [7, 11) is 1.60. The number of carbonyl (C=O) groups is 1. The zero-order valence-electron chi connectivity index (χ0n) is 9.15. The molecule has 4 nitrogen and oxygen atoms in total. The maximum Gasteiger partial charge on any atom is 0.341 e. The van der Waals surface area contributed by atoms with Crippen LogP contribution in [0.15, 0.2) is 16.9 Å². The van der Waals surface area contributed by atoms with Gasteiger partial charge in [0, 0.05) is 12.7 Å². The van der Waals surface area contributed by atoms with Crippen LogP contribution in [0, 0.1) is 5.92 Å². The topological polar surface area (TPSA) is 59.3 Å². The van der Waals surface area contributed by atoms with Crippen LogP contribution >= 0.6 is 0 Å². The van der Waals surface area contributed by atoms with Gasteiger partial charge in [-0.2, -0.15) is 0 Å². The molecule has 1 heterocycles. The molecule has 1 N–H and O–H groups in total. The van der Waals surface area contributed by atoms with Crippen molar-refractivity contribution < 1.29 is 9.90 Å². The SMILES string of the molecule is CC(C)Cc1ccc(C(=O)O)c(=O)n1C. The molecule has 0 saturated heterocycles. The van der Waals surface area contributed by atoms with Crippen LogP contribution in [0.3, 0.4) is 0 Å². The van der Waals surface area contributed by atoms with Crippen LogP contribution in [0.1, 0.15) is 29.9 Å². The fourth-order valence-electron chi connectivity index (χ4n) is 1.46. The molecule has 0 aliphatic rings. The average molecular weight is 209 g/mol. The van der Waals surface area contributed by atoms with Gasteiger partial charge in [-0.1, -0.05) is 13.8 Å². The van der Waals surface area contributed by atoms with Crippen molar-refractivity contribution in [3.05, 3.63) is 33.7 Å². The van der Waals surface area contributed by atoms with E-state index in [4.69, 9.17) is 5.11 Å². The van der Waals surface area contributed by atoms with E-state index in [1.807, 2.05) is 0 Å². The van der Waals surface area contributed by atoms with E-state index >= 15 is 0 Å². The van der Waals surface area contributed by atoms with Crippen molar-refractivity contribution in [2.75, 3.05) is 0 Å². The summed E-state index contributed by atoms with van der Waals surface area (Å²) in [5, 5.41) is 8.75. The summed E-state index contributed by atoms with van der Waals surface area (Å²) in [4.78, 5) is 22.3. The van der Waals surface area contributed by atoms with Crippen molar-refractivity contribution in [2.24, 2.45) is 13.0 Å². The van der Waals surface area contributed by atoms with E-state index in [-0.39, 0.29) is 5.56 Å². The number of aromatic carboxylic acids is 1. The minimum absolute atomic E-state index is 0.176. The van der Waals surface area contributed by atoms with Crippen molar-refractivity contribution in [1.29, 1.82) is 0 Å². The number of aromatic nitrogens is 1. The van der Waals surface area contributed by atoms with Gasteiger partial charge in [0.15, 0.2) is 0 Å². The molecule has 0 aliphatic carbocycles. The number of hydrogen-bond acceptors (Lipinski definition) is 2. The Kier molecular flexibility index (Phi) is 3.29. The number of hydrogen-bond donors (Lipinski definition) is 1. The maximum absolute atomic E-state index is 11.6. The Labute approximate surface area is 88.2 Å². The van der Waals surface area contributed by atoms with Gasteiger partial charge in [0.05, 0.1) is 0 Å². The zero-order valence-corrected chi connectivity index (χ0v) is 9.15. The van der Waals surface area contributed by atoms with Gasteiger partial charge in [-0.05, 0) is 24.5 Å².